The van der Waals surface area contributed by atoms with Crippen molar-refractivity contribution in [2.75, 3.05) is 11.9 Å². The van der Waals surface area contributed by atoms with Gasteiger partial charge in [-0.25, -0.2) is 0 Å². The first kappa shape index (κ1) is 12.6. The number of aromatic nitrogens is 2. The molecule has 19 heavy (non-hydrogen) atoms. The van der Waals surface area contributed by atoms with Crippen molar-refractivity contribution in [2.24, 2.45) is 0 Å². The van der Waals surface area contributed by atoms with Crippen LogP contribution < -0.4 is 5.32 Å². The zero-order valence-corrected chi connectivity index (χ0v) is 11.3. The van der Waals surface area contributed by atoms with E-state index in [9.17, 15) is 5.11 Å². The number of hydrogen-bond donors (Lipinski definition) is 2. The molecule has 2 aromatic rings. The number of fused-ring (bicyclic) bond motifs is 1. The largest absolute Gasteiger partial charge is 0.388 e. The molecule has 0 unspecified atom stereocenters. The molecule has 0 atom stereocenters. The highest BCUT2D eigenvalue weighted by Crippen LogP contribution is 2.31. The quantitative estimate of drug-likeness (QED) is 0.905. The van der Waals surface area contributed by atoms with Gasteiger partial charge in [-0.1, -0.05) is 48.7 Å². The number of nitrogens with one attached hydrogen (secondary N) is 1. The van der Waals surface area contributed by atoms with E-state index in [0.29, 0.717) is 17.5 Å². The summed E-state index contributed by atoms with van der Waals surface area (Å²) in [6.07, 6.45) is 3.87. The lowest BCUT2D eigenvalue weighted by Gasteiger charge is -2.22. The van der Waals surface area contributed by atoms with Gasteiger partial charge in [0.15, 0.2) is 11.0 Å². The van der Waals surface area contributed by atoms with E-state index < -0.39 is 5.60 Å². The van der Waals surface area contributed by atoms with Gasteiger partial charge in [0.1, 0.15) is 0 Å². The van der Waals surface area contributed by atoms with Crippen LogP contribution in [0.25, 0.3) is 10.8 Å². The Kier molecular flexibility index (Phi) is 3.29. The van der Waals surface area contributed by atoms with Crippen LogP contribution in [0.1, 0.15) is 25.7 Å². The fourth-order valence-corrected chi connectivity index (χ4v) is 2.86. The molecular formula is C14H16ClN3O. The van der Waals surface area contributed by atoms with Crippen LogP contribution in [0.5, 0.6) is 0 Å². The molecule has 0 saturated heterocycles. The monoisotopic (exact) mass is 277 g/mol. The highest BCUT2D eigenvalue weighted by molar-refractivity contribution is 6.34. The normalized spacial score (nSPS) is 17.8. The Balaban J connectivity index is 1.87. The van der Waals surface area contributed by atoms with E-state index in [1.807, 2.05) is 24.3 Å². The molecule has 100 valence electrons. The molecule has 0 amide bonds. The van der Waals surface area contributed by atoms with Crippen molar-refractivity contribution >= 4 is 28.2 Å². The van der Waals surface area contributed by atoms with Crippen LogP contribution in [0, 0.1) is 0 Å². The maximum absolute atomic E-state index is 10.3. The summed E-state index contributed by atoms with van der Waals surface area (Å²) in [6.45, 7) is 0.507. The standard InChI is InChI=1S/C14H16ClN3O/c15-12-10-5-1-2-6-11(10)13(18-17-12)16-9-14(19)7-3-4-8-14/h1-2,5-6,19H,3-4,7-9H2,(H,16,18). The van der Waals surface area contributed by atoms with Gasteiger partial charge in [-0.2, -0.15) is 0 Å². The molecule has 4 nitrogen and oxygen atoms in total. The van der Waals surface area contributed by atoms with Crippen LogP contribution in [-0.2, 0) is 0 Å². The first-order valence-corrected chi connectivity index (χ1v) is 6.93. The summed E-state index contributed by atoms with van der Waals surface area (Å²) in [5, 5.41) is 23.8. The highest BCUT2D eigenvalue weighted by atomic mass is 35.5. The second-order valence-corrected chi connectivity index (χ2v) is 5.53. The van der Waals surface area contributed by atoms with Crippen LogP contribution in [0.3, 0.4) is 0 Å². The van der Waals surface area contributed by atoms with Crippen molar-refractivity contribution in [3.63, 3.8) is 0 Å². The van der Waals surface area contributed by atoms with Crippen LogP contribution in [0.2, 0.25) is 5.15 Å². The maximum atomic E-state index is 10.3. The third-order valence-electron chi connectivity index (χ3n) is 3.76. The van der Waals surface area contributed by atoms with E-state index >= 15 is 0 Å². The van der Waals surface area contributed by atoms with Crippen molar-refractivity contribution in [1.82, 2.24) is 10.2 Å². The minimum absolute atomic E-state index is 0.403. The molecule has 1 aromatic heterocycles. The van der Waals surface area contributed by atoms with Gasteiger partial charge >= 0.3 is 0 Å². The van der Waals surface area contributed by atoms with Crippen molar-refractivity contribution in [3.8, 4) is 0 Å². The lowest BCUT2D eigenvalue weighted by molar-refractivity contribution is 0.0614. The van der Waals surface area contributed by atoms with Crippen LogP contribution in [0.4, 0.5) is 5.82 Å². The lowest BCUT2D eigenvalue weighted by atomic mass is 10.0. The number of hydrogen-bond acceptors (Lipinski definition) is 4. The Bertz CT molecular complexity index is 596. The third kappa shape index (κ3) is 2.51. The van der Waals surface area contributed by atoms with E-state index in [1.54, 1.807) is 0 Å². The molecular weight excluding hydrogens is 262 g/mol. The Hall–Kier alpha value is -1.39. The molecule has 0 radical (unpaired) electrons. The molecule has 3 rings (SSSR count). The number of halogens is 1. The average Bonchev–Trinajstić information content (AvgIpc) is 2.86. The molecule has 1 saturated carbocycles. The Morgan fingerprint density at radius 3 is 2.58 bits per heavy atom. The summed E-state index contributed by atoms with van der Waals surface area (Å²) < 4.78 is 0. The van der Waals surface area contributed by atoms with Crippen molar-refractivity contribution in [3.05, 3.63) is 29.4 Å². The first-order valence-electron chi connectivity index (χ1n) is 6.55. The summed E-state index contributed by atoms with van der Waals surface area (Å²) in [5.74, 6) is 0.681. The van der Waals surface area contributed by atoms with Gasteiger partial charge < -0.3 is 10.4 Å². The van der Waals surface area contributed by atoms with E-state index in [4.69, 9.17) is 11.6 Å². The summed E-state index contributed by atoms with van der Waals surface area (Å²) in [4.78, 5) is 0. The number of anilines is 1. The number of benzene rings is 1. The van der Waals surface area contributed by atoms with Gasteiger partial charge in [-0.05, 0) is 12.8 Å². The van der Waals surface area contributed by atoms with Crippen LogP contribution >= 0.6 is 11.6 Å². The zero-order valence-electron chi connectivity index (χ0n) is 10.6. The van der Waals surface area contributed by atoms with Gasteiger partial charge in [0.2, 0.25) is 0 Å². The van der Waals surface area contributed by atoms with Crippen molar-refractivity contribution in [2.45, 2.75) is 31.3 Å². The molecule has 1 aliphatic rings. The molecule has 2 N–H and O–H groups in total. The first-order chi connectivity index (χ1) is 9.18. The van der Waals surface area contributed by atoms with E-state index in [2.05, 4.69) is 15.5 Å². The topological polar surface area (TPSA) is 58.0 Å². The Labute approximate surface area is 116 Å². The summed E-state index contributed by atoms with van der Waals surface area (Å²) >= 11 is 6.03. The predicted molar refractivity (Wildman–Crippen MR) is 76.5 cm³/mol. The number of nitrogens with zero attached hydrogens (tertiary/aromatic N) is 2. The molecule has 0 aliphatic heterocycles. The SMILES string of the molecule is OC1(CNc2nnc(Cl)c3ccccc23)CCCC1. The Morgan fingerprint density at radius 2 is 1.84 bits per heavy atom. The van der Waals surface area contributed by atoms with E-state index in [1.165, 1.54) is 0 Å². The molecule has 1 aliphatic carbocycles. The molecule has 0 bridgehead atoms. The summed E-state index contributed by atoms with van der Waals surface area (Å²) in [6, 6.07) is 7.73. The minimum atomic E-state index is -0.609. The number of aliphatic hydroxyl groups is 1. The second kappa shape index (κ2) is 4.94. The predicted octanol–water partition coefficient (Wildman–Crippen LogP) is 3.00. The molecule has 5 heteroatoms. The van der Waals surface area contributed by atoms with Gasteiger partial charge in [-0.3, -0.25) is 0 Å². The summed E-state index contributed by atoms with van der Waals surface area (Å²) in [5.41, 5.74) is -0.609. The molecule has 1 heterocycles. The van der Waals surface area contributed by atoms with E-state index in [0.717, 1.165) is 36.5 Å². The molecule has 1 aromatic carbocycles. The molecule has 1 fully saturated rings. The van der Waals surface area contributed by atoms with Crippen LogP contribution in [0.15, 0.2) is 24.3 Å². The van der Waals surface area contributed by atoms with E-state index in [-0.39, 0.29) is 0 Å². The highest BCUT2D eigenvalue weighted by Gasteiger charge is 2.30. The maximum Gasteiger partial charge on any atom is 0.159 e. The second-order valence-electron chi connectivity index (χ2n) is 5.17. The lowest BCUT2D eigenvalue weighted by Crippen LogP contribution is -2.33. The third-order valence-corrected chi connectivity index (χ3v) is 4.04. The average molecular weight is 278 g/mol. The van der Waals surface area contributed by atoms with Gasteiger partial charge in [-0.15, -0.1) is 10.2 Å². The van der Waals surface area contributed by atoms with Gasteiger partial charge in [0.25, 0.3) is 0 Å². The fourth-order valence-electron chi connectivity index (χ4n) is 2.66. The Morgan fingerprint density at radius 1 is 1.16 bits per heavy atom. The fraction of sp³-hybridized carbons (Fsp3) is 0.429. The van der Waals surface area contributed by atoms with Gasteiger partial charge in [0.05, 0.1) is 5.60 Å². The smallest absolute Gasteiger partial charge is 0.159 e. The molecule has 0 spiro atoms. The number of rotatable bonds is 3. The van der Waals surface area contributed by atoms with Crippen LogP contribution in [-0.4, -0.2) is 27.4 Å². The zero-order chi connectivity index (χ0) is 13.3. The van der Waals surface area contributed by atoms with Crippen molar-refractivity contribution < 1.29 is 5.11 Å². The van der Waals surface area contributed by atoms with Crippen molar-refractivity contribution in [1.29, 1.82) is 0 Å². The van der Waals surface area contributed by atoms with Gasteiger partial charge in [0, 0.05) is 17.3 Å². The minimum Gasteiger partial charge on any atom is -0.388 e. The summed E-state index contributed by atoms with van der Waals surface area (Å²) in [7, 11) is 0.